The highest BCUT2D eigenvalue weighted by molar-refractivity contribution is 7.99. The molecule has 90 valence electrons. The Bertz CT molecular complexity index is 438. The highest BCUT2D eigenvalue weighted by Gasteiger charge is 2.07. The number of H-pyrrole nitrogens is 1. The molecule has 0 spiro atoms. The van der Waals surface area contributed by atoms with Crippen LogP contribution < -0.4 is 5.73 Å². The average Bonchev–Trinajstić information content (AvgIpc) is 2.89. The lowest BCUT2D eigenvalue weighted by Gasteiger charge is -2.11. The zero-order valence-corrected chi connectivity index (χ0v) is 10.6. The van der Waals surface area contributed by atoms with Crippen LogP contribution in [0.15, 0.2) is 35.7 Å². The Labute approximate surface area is 105 Å². The van der Waals surface area contributed by atoms with Crippen molar-refractivity contribution in [3.05, 3.63) is 41.7 Å². The van der Waals surface area contributed by atoms with Gasteiger partial charge in [-0.3, -0.25) is 5.10 Å². The Hall–Kier alpha value is -1.33. The second-order valence-corrected chi connectivity index (χ2v) is 4.81. The molecule has 0 aliphatic rings. The molecule has 0 saturated heterocycles. The summed E-state index contributed by atoms with van der Waals surface area (Å²) >= 11 is 1.59. The molecule has 5 heteroatoms. The molecule has 0 bridgehead atoms. The second-order valence-electron chi connectivity index (χ2n) is 3.80. The van der Waals surface area contributed by atoms with Gasteiger partial charge in [0, 0.05) is 11.8 Å². The van der Waals surface area contributed by atoms with Crippen LogP contribution in [-0.4, -0.2) is 20.9 Å². The Morgan fingerprint density at radius 1 is 1.35 bits per heavy atom. The minimum atomic E-state index is 0.0241. The zero-order chi connectivity index (χ0) is 12.1. The van der Waals surface area contributed by atoms with Gasteiger partial charge in [0.05, 0.1) is 0 Å². The third kappa shape index (κ3) is 3.31. The highest BCUT2D eigenvalue weighted by atomic mass is 32.2. The molecule has 4 nitrogen and oxygen atoms in total. The van der Waals surface area contributed by atoms with Crippen LogP contribution in [0, 0.1) is 0 Å². The number of nitrogens with zero attached hydrogens (tertiary/aromatic N) is 2. The summed E-state index contributed by atoms with van der Waals surface area (Å²) in [5.41, 5.74) is 8.62. The summed E-state index contributed by atoms with van der Waals surface area (Å²) in [4.78, 5) is 4.05. The molecule has 1 atom stereocenters. The van der Waals surface area contributed by atoms with Gasteiger partial charge in [0.1, 0.15) is 6.33 Å². The number of hydrogen-bond donors (Lipinski definition) is 2. The first-order chi connectivity index (χ1) is 8.29. The third-order valence-corrected chi connectivity index (χ3v) is 3.60. The molecule has 1 aromatic carbocycles. The maximum absolute atomic E-state index is 6.12. The van der Waals surface area contributed by atoms with E-state index in [-0.39, 0.29) is 6.04 Å². The molecule has 0 aliphatic heterocycles. The van der Waals surface area contributed by atoms with Crippen molar-refractivity contribution in [3.63, 3.8) is 0 Å². The van der Waals surface area contributed by atoms with E-state index in [9.17, 15) is 0 Å². The van der Waals surface area contributed by atoms with Crippen LogP contribution in [0.4, 0.5) is 0 Å². The summed E-state index contributed by atoms with van der Waals surface area (Å²) < 4.78 is 0. The van der Waals surface area contributed by atoms with E-state index >= 15 is 0 Å². The predicted molar refractivity (Wildman–Crippen MR) is 69.9 cm³/mol. The lowest BCUT2D eigenvalue weighted by Crippen LogP contribution is -2.13. The predicted octanol–water partition coefficient (Wildman–Crippen LogP) is 2.16. The van der Waals surface area contributed by atoms with E-state index in [2.05, 4.69) is 46.4 Å². The van der Waals surface area contributed by atoms with Gasteiger partial charge in [0.15, 0.2) is 5.16 Å². The first-order valence-corrected chi connectivity index (χ1v) is 6.60. The van der Waals surface area contributed by atoms with Crippen LogP contribution in [0.5, 0.6) is 0 Å². The van der Waals surface area contributed by atoms with E-state index in [1.807, 2.05) is 0 Å². The molecule has 0 saturated carbocycles. The molecule has 0 radical (unpaired) electrons. The summed E-state index contributed by atoms with van der Waals surface area (Å²) in [5.74, 6) is 0.792. The maximum Gasteiger partial charge on any atom is 0.183 e. The van der Waals surface area contributed by atoms with Gasteiger partial charge >= 0.3 is 0 Å². The summed E-state index contributed by atoms with van der Waals surface area (Å²) in [5, 5.41) is 7.42. The summed E-state index contributed by atoms with van der Waals surface area (Å²) in [6.07, 6.45) is 2.56. The molecular formula is C12H16N4S. The van der Waals surface area contributed by atoms with E-state index in [1.54, 1.807) is 11.8 Å². The van der Waals surface area contributed by atoms with Gasteiger partial charge in [0.25, 0.3) is 0 Å². The third-order valence-electron chi connectivity index (χ3n) is 2.61. The molecule has 0 aliphatic carbocycles. The Kier molecular flexibility index (Phi) is 4.17. The number of thioether (sulfide) groups is 1. The van der Waals surface area contributed by atoms with Crippen molar-refractivity contribution in [2.45, 2.75) is 24.5 Å². The van der Waals surface area contributed by atoms with Gasteiger partial charge in [-0.15, -0.1) is 0 Å². The quantitative estimate of drug-likeness (QED) is 0.796. The molecule has 1 heterocycles. The van der Waals surface area contributed by atoms with Crippen molar-refractivity contribution in [1.29, 1.82) is 0 Å². The molecule has 3 N–H and O–H groups in total. The highest BCUT2D eigenvalue weighted by Crippen LogP contribution is 2.20. The van der Waals surface area contributed by atoms with Gasteiger partial charge in [-0.1, -0.05) is 43.0 Å². The first kappa shape index (κ1) is 12.1. The number of hydrogen-bond acceptors (Lipinski definition) is 4. The first-order valence-electron chi connectivity index (χ1n) is 5.62. The van der Waals surface area contributed by atoms with Crippen molar-refractivity contribution in [2.24, 2.45) is 5.73 Å². The minimum absolute atomic E-state index is 0.0241. The number of rotatable bonds is 5. The fourth-order valence-electron chi connectivity index (χ4n) is 1.53. The molecule has 17 heavy (non-hydrogen) atoms. The SMILES string of the molecule is CCc1ccc(C(N)CSc2ncn[nH]2)cc1. The molecule has 0 amide bonds. The van der Waals surface area contributed by atoms with Crippen molar-refractivity contribution < 1.29 is 0 Å². The molecule has 2 rings (SSSR count). The van der Waals surface area contributed by atoms with Crippen LogP contribution in [0.2, 0.25) is 0 Å². The van der Waals surface area contributed by atoms with Crippen LogP contribution in [-0.2, 0) is 6.42 Å². The monoisotopic (exact) mass is 248 g/mol. The lowest BCUT2D eigenvalue weighted by molar-refractivity contribution is 0.826. The van der Waals surface area contributed by atoms with Crippen LogP contribution in [0.25, 0.3) is 0 Å². The lowest BCUT2D eigenvalue weighted by atomic mass is 10.1. The standard InChI is InChI=1S/C12H16N4S/c1-2-9-3-5-10(6-4-9)11(13)7-17-12-14-8-15-16-12/h3-6,8,11H,2,7,13H2,1H3,(H,14,15,16). The van der Waals surface area contributed by atoms with Gasteiger partial charge in [-0.25, -0.2) is 4.98 Å². The minimum Gasteiger partial charge on any atom is -0.323 e. The van der Waals surface area contributed by atoms with Gasteiger partial charge < -0.3 is 5.73 Å². The Balaban J connectivity index is 1.92. The van der Waals surface area contributed by atoms with Gasteiger partial charge in [0.2, 0.25) is 0 Å². The molecule has 0 fully saturated rings. The molecule has 2 aromatic rings. The van der Waals surface area contributed by atoms with Gasteiger partial charge in [-0.2, -0.15) is 5.10 Å². The Morgan fingerprint density at radius 2 is 2.12 bits per heavy atom. The van der Waals surface area contributed by atoms with E-state index in [0.717, 1.165) is 22.9 Å². The van der Waals surface area contributed by atoms with Crippen LogP contribution in [0.3, 0.4) is 0 Å². The van der Waals surface area contributed by atoms with Crippen LogP contribution in [0.1, 0.15) is 24.1 Å². The fraction of sp³-hybridized carbons (Fsp3) is 0.333. The van der Waals surface area contributed by atoms with Crippen molar-refractivity contribution >= 4 is 11.8 Å². The number of benzene rings is 1. The van der Waals surface area contributed by atoms with E-state index < -0.39 is 0 Å². The summed E-state index contributed by atoms with van der Waals surface area (Å²) in [7, 11) is 0. The summed E-state index contributed by atoms with van der Waals surface area (Å²) in [6, 6.07) is 8.49. The largest absolute Gasteiger partial charge is 0.323 e. The maximum atomic E-state index is 6.12. The fourth-order valence-corrected chi connectivity index (χ4v) is 2.30. The van der Waals surface area contributed by atoms with Crippen molar-refractivity contribution in [1.82, 2.24) is 15.2 Å². The smallest absolute Gasteiger partial charge is 0.183 e. The number of aryl methyl sites for hydroxylation is 1. The number of nitrogens with two attached hydrogens (primary N) is 1. The Morgan fingerprint density at radius 3 is 2.71 bits per heavy atom. The molecular weight excluding hydrogens is 232 g/mol. The molecule has 1 unspecified atom stereocenters. The summed E-state index contributed by atoms with van der Waals surface area (Å²) in [6.45, 7) is 2.15. The van der Waals surface area contributed by atoms with Crippen molar-refractivity contribution in [2.75, 3.05) is 5.75 Å². The molecule has 1 aromatic heterocycles. The van der Waals surface area contributed by atoms with E-state index in [4.69, 9.17) is 5.73 Å². The zero-order valence-electron chi connectivity index (χ0n) is 9.76. The topological polar surface area (TPSA) is 67.6 Å². The van der Waals surface area contributed by atoms with Crippen LogP contribution >= 0.6 is 11.8 Å². The number of nitrogens with one attached hydrogen (secondary N) is 1. The van der Waals surface area contributed by atoms with Crippen molar-refractivity contribution in [3.8, 4) is 0 Å². The van der Waals surface area contributed by atoms with Gasteiger partial charge in [-0.05, 0) is 17.5 Å². The number of aromatic nitrogens is 3. The van der Waals surface area contributed by atoms with E-state index in [1.165, 1.54) is 11.9 Å². The van der Waals surface area contributed by atoms with E-state index in [0.29, 0.717) is 0 Å². The number of aromatic amines is 1. The normalized spacial score (nSPS) is 12.6. The average molecular weight is 248 g/mol. The second kappa shape index (κ2) is 5.84.